The van der Waals surface area contributed by atoms with E-state index in [9.17, 15) is 9.59 Å². The monoisotopic (exact) mass is 342 g/mol. The van der Waals surface area contributed by atoms with Crippen molar-refractivity contribution in [3.05, 3.63) is 53.3 Å². The van der Waals surface area contributed by atoms with E-state index in [4.69, 9.17) is 15.2 Å². The number of esters is 1. The molecule has 2 N–H and O–H groups in total. The van der Waals surface area contributed by atoms with Gasteiger partial charge in [0, 0.05) is 11.8 Å². The third-order valence-corrected chi connectivity index (χ3v) is 3.79. The second-order valence-corrected chi connectivity index (χ2v) is 5.45. The molecule has 8 heteroatoms. The Morgan fingerprint density at radius 3 is 2.76 bits per heavy atom. The van der Waals surface area contributed by atoms with Crippen molar-refractivity contribution in [3.63, 3.8) is 0 Å². The van der Waals surface area contributed by atoms with Gasteiger partial charge in [-0.2, -0.15) is 0 Å². The summed E-state index contributed by atoms with van der Waals surface area (Å²) in [6.45, 7) is 2.12. The first kappa shape index (κ1) is 16.7. The molecule has 0 unspecified atom stereocenters. The summed E-state index contributed by atoms with van der Waals surface area (Å²) >= 11 is 0. The molecule has 0 aliphatic carbocycles. The minimum Gasteiger partial charge on any atom is -0.464 e. The van der Waals surface area contributed by atoms with Gasteiger partial charge in [0.25, 0.3) is 0 Å². The summed E-state index contributed by atoms with van der Waals surface area (Å²) in [5.74, 6) is -0.466. The maximum absolute atomic E-state index is 12.5. The van der Waals surface area contributed by atoms with E-state index >= 15 is 0 Å². The molecule has 0 radical (unpaired) electrons. The number of fused-ring (bicyclic) bond motifs is 1. The van der Waals surface area contributed by atoms with Crippen molar-refractivity contribution in [1.82, 2.24) is 14.9 Å². The quantitative estimate of drug-likeness (QED) is 0.844. The number of carbonyl (C=O) groups excluding carboxylic acids is 2. The number of carbonyl (C=O) groups is 2. The van der Waals surface area contributed by atoms with Gasteiger partial charge in [0.2, 0.25) is 5.95 Å². The molecule has 1 aliphatic heterocycles. The third-order valence-electron chi connectivity index (χ3n) is 3.79. The number of hydrogen-bond donors (Lipinski definition) is 1. The summed E-state index contributed by atoms with van der Waals surface area (Å²) in [5, 5.41) is 0. The number of nitrogens with two attached hydrogens (primary N) is 1. The van der Waals surface area contributed by atoms with Crippen LogP contribution in [0.25, 0.3) is 0 Å². The summed E-state index contributed by atoms with van der Waals surface area (Å²) in [7, 11) is 0. The van der Waals surface area contributed by atoms with E-state index in [0.717, 1.165) is 5.56 Å². The predicted octanol–water partition coefficient (Wildman–Crippen LogP) is 1.82. The van der Waals surface area contributed by atoms with Crippen LogP contribution in [0.15, 0.2) is 36.5 Å². The van der Waals surface area contributed by atoms with Gasteiger partial charge < -0.3 is 15.2 Å². The molecule has 2 aromatic rings. The average molecular weight is 342 g/mol. The molecular weight excluding hydrogens is 324 g/mol. The Hall–Kier alpha value is -3.16. The van der Waals surface area contributed by atoms with Crippen LogP contribution in [0, 0.1) is 0 Å². The van der Waals surface area contributed by atoms with Crippen LogP contribution < -0.4 is 5.73 Å². The van der Waals surface area contributed by atoms with Crippen LogP contribution in [-0.4, -0.2) is 33.5 Å². The lowest BCUT2D eigenvalue weighted by molar-refractivity contribution is -0.148. The number of amides is 1. The van der Waals surface area contributed by atoms with E-state index in [1.165, 1.54) is 11.1 Å². The maximum atomic E-state index is 12.5. The highest BCUT2D eigenvalue weighted by Gasteiger charge is 2.41. The Kier molecular flexibility index (Phi) is 4.78. The topological polar surface area (TPSA) is 108 Å². The summed E-state index contributed by atoms with van der Waals surface area (Å²) < 4.78 is 10.4. The fourth-order valence-corrected chi connectivity index (χ4v) is 2.67. The van der Waals surface area contributed by atoms with Gasteiger partial charge in [-0.1, -0.05) is 30.3 Å². The number of aromatic nitrogens is 2. The second-order valence-electron chi connectivity index (χ2n) is 5.45. The van der Waals surface area contributed by atoms with Crippen LogP contribution in [0.1, 0.15) is 29.8 Å². The van der Waals surface area contributed by atoms with Crippen LogP contribution in [0.3, 0.4) is 0 Å². The number of rotatable bonds is 4. The highest BCUT2D eigenvalue weighted by molar-refractivity contribution is 5.84. The van der Waals surface area contributed by atoms with E-state index in [1.54, 1.807) is 6.92 Å². The van der Waals surface area contributed by atoms with Gasteiger partial charge in [0.05, 0.1) is 18.8 Å². The molecule has 0 saturated carbocycles. The normalized spacial score (nSPS) is 15.6. The van der Waals surface area contributed by atoms with Gasteiger partial charge >= 0.3 is 12.1 Å². The highest BCUT2D eigenvalue weighted by Crippen LogP contribution is 2.34. The average Bonchev–Trinajstić information content (AvgIpc) is 2.99. The molecule has 0 spiro atoms. The molecule has 1 atom stereocenters. The molecule has 0 fully saturated rings. The molecule has 2 heterocycles. The SMILES string of the molecule is CCOC(=O)[C@H]1c2cnc(N)nc2CN1C(=O)OCc1ccccc1. The number of nitrogen functional groups attached to an aromatic ring is 1. The van der Waals surface area contributed by atoms with Gasteiger partial charge in [0.1, 0.15) is 6.61 Å². The van der Waals surface area contributed by atoms with Crippen molar-refractivity contribution in [2.75, 3.05) is 12.3 Å². The molecule has 1 amide bonds. The fourth-order valence-electron chi connectivity index (χ4n) is 2.67. The molecule has 1 aliphatic rings. The lowest BCUT2D eigenvalue weighted by Crippen LogP contribution is -2.35. The van der Waals surface area contributed by atoms with Crippen molar-refractivity contribution in [2.24, 2.45) is 0 Å². The van der Waals surface area contributed by atoms with Gasteiger partial charge in [0.15, 0.2) is 6.04 Å². The molecule has 1 aromatic heterocycles. The molecule has 0 bridgehead atoms. The first-order chi connectivity index (χ1) is 12.1. The number of anilines is 1. The molecule has 0 saturated heterocycles. The molecular formula is C17H18N4O4. The Balaban J connectivity index is 1.79. The van der Waals surface area contributed by atoms with E-state index in [1.807, 2.05) is 30.3 Å². The van der Waals surface area contributed by atoms with E-state index < -0.39 is 18.1 Å². The number of nitrogens with zero attached hydrogens (tertiary/aromatic N) is 3. The van der Waals surface area contributed by atoms with Crippen LogP contribution in [-0.2, 0) is 27.4 Å². The molecule has 130 valence electrons. The number of benzene rings is 1. The predicted molar refractivity (Wildman–Crippen MR) is 88.0 cm³/mol. The maximum Gasteiger partial charge on any atom is 0.411 e. The van der Waals surface area contributed by atoms with Crippen molar-refractivity contribution in [3.8, 4) is 0 Å². The van der Waals surface area contributed by atoms with E-state index in [0.29, 0.717) is 11.3 Å². The van der Waals surface area contributed by atoms with Crippen molar-refractivity contribution in [2.45, 2.75) is 26.1 Å². The van der Waals surface area contributed by atoms with Crippen LogP contribution in [0.5, 0.6) is 0 Å². The number of hydrogen-bond acceptors (Lipinski definition) is 7. The van der Waals surface area contributed by atoms with Gasteiger partial charge in [-0.05, 0) is 12.5 Å². The summed E-state index contributed by atoms with van der Waals surface area (Å²) in [6, 6.07) is 8.35. The highest BCUT2D eigenvalue weighted by atomic mass is 16.6. The lowest BCUT2D eigenvalue weighted by Gasteiger charge is -2.22. The molecule has 3 rings (SSSR count). The summed E-state index contributed by atoms with van der Waals surface area (Å²) in [6.07, 6.45) is 0.822. The van der Waals surface area contributed by atoms with Crippen molar-refractivity contribution in [1.29, 1.82) is 0 Å². The summed E-state index contributed by atoms with van der Waals surface area (Å²) in [5.41, 5.74) is 7.47. The zero-order chi connectivity index (χ0) is 17.8. The largest absolute Gasteiger partial charge is 0.464 e. The molecule has 8 nitrogen and oxygen atoms in total. The zero-order valence-corrected chi connectivity index (χ0v) is 13.7. The Bertz CT molecular complexity index is 781. The van der Waals surface area contributed by atoms with Crippen molar-refractivity contribution < 1.29 is 19.1 Å². The van der Waals surface area contributed by atoms with Gasteiger partial charge in [-0.15, -0.1) is 0 Å². The minimum absolute atomic E-state index is 0.0841. The Labute approximate surface area is 144 Å². The fraction of sp³-hybridized carbons (Fsp3) is 0.294. The standard InChI is InChI=1S/C17H18N4O4/c1-2-24-15(22)14-12-8-19-16(18)20-13(12)9-21(14)17(23)25-10-11-6-4-3-5-7-11/h3-8,14H,2,9-10H2,1H3,(H2,18,19,20)/t14-/m1/s1. The number of ether oxygens (including phenoxy) is 2. The Morgan fingerprint density at radius 1 is 1.28 bits per heavy atom. The van der Waals surface area contributed by atoms with E-state index in [2.05, 4.69) is 9.97 Å². The Morgan fingerprint density at radius 2 is 2.04 bits per heavy atom. The smallest absolute Gasteiger partial charge is 0.411 e. The zero-order valence-electron chi connectivity index (χ0n) is 13.7. The van der Waals surface area contributed by atoms with Gasteiger partial charge in [-0.25, -0.2) is 19.6 Å². The van der Waals surface area contributed by atoms with Crippen LogP contribution in [0.4, 0.5) is 10.7 Å². The first-order valence-corrected chi connectivity index (χ1v) is 7.85. The van der Waals surface area contributed by atoms with Crippen LogP contribution >= 0.6 is 0 Å². The molecule has 1 aromatic carbocycles. The van der Waals surface area contributed by atoms with Crippen LogP contribution in [0.2, 0.25) is 0 Å². The summed E-state index contributed by atoms with van der Waals surface area (Å²) in [4.78, 5) is 34.1. The van der Waals surface area contributed by atoms with Gasteiger partial charge in [-0.3, -0.25) is 4.90 Å². The van der Waals surface area contributed by atoms with E-state index in [-0.39, 0.29) is 25.7 Å². The minimum atomic E-state index is -0.932. The molecule has 25 heavy (non-hydrogen) atoms. The lowest BCUT2D eigenvalue weighted by atomic mass is 10.1. The first-order valence-electron chi connectivity index (χ1n) is 7.85. The van der Waals surface area contributed by atoms with Crippen molar-refractivity contribution >= 4 is 18.0 Å². The second kappa shape index (κ2) is 7.16. The third kappa shape index (κ3) is 3.52.